The van der Waals surface area contributed by atoms with E-state index in [1.165, 1.54) is 37.4 Å². The van der Waals surface area contributed by atoms with Crippen LogP contribution in [-0.4, -0.2) is 27.2 Å². The molecule has 0 aliphatic heterocycles. The molecule has 7 heteroatoms. The van der Waals surface area contributed by atoms with E-state index in [0.29, 0.717) is 24.8 Å². The highest BCUT2D eigenvalue weighted by atomic mass is 32.2. The summed E-state index contributed by atoms with van der Waals surface area (Å²) in [6, 6.07) is 9.14. The van der Waals surface area contributed by atoms with Gasteiger partial charge in [0.25, 0.3) is 0 Å². The number of halogens is 2. The Morgan fingerprint density at radius 2 is 1.81 bits per heavy atom. The van der Waals surface area contributed by atoms with Crippen LogP contribution in [0.4, 0.5) is 8.78 Å². The van der Waals surface area contributed by atoms with Gasteiger partial charge in [0.05, 0.1) is 23.7 Å². The third-order valence-electron chi connectivity index (χ3n) is 4.99. The van der Waals surface area contributed by atoms with E-state index in [4.69, 9.17) is 4.74 Å². The van der Waals surface area contributed by atoms with Crippen LogP contribution in [0.5, 0.6) is 0 Å². The molecule has 0 unspecified atom stereocenters. The van der Waals surface area contributed by atoms with Crippen molar-refractivity contribution in [1.29, 1.82) is 0 Å². The van der Waals surface area contributed by atoms with Gasteiger partial charge in [-0.2, -0.15) is 0 Å². The molecule has 0 amide bonds. The average molecular weight is 394 g/mol. The van der Waals surface area contributed by atoms with Crippen molar-refractivity contribution in [2.24, 2.45) is 11.8 Å². The van der Waals surface area contributed by atoms with Crippen LogP contribution in [0.2, 0.25) is 0 Å². The highest BCUT2D eigenvalue weighted by Gasteiger charge is 2.33. The molecule has 0 aromatic heterocycles. The minimum absolute atomic E-state index is 0.0370. The molecule has 1 aliphatic carbocycles. The Balaban J connectivity index is 1.73. The van der Waals surface area contributed by atoms with Crippen molar-refractivity contribution in [3.05, 3.63) is 54.1 Å². The van der Waals surface area contributed by atoms with Crippen molar-refractivity contribution < 1.29 is 26.7 Å². The quantitative estimate of drug-likeness (QED) is 0.720. The molecule has 3 rings (SSSR count). The molecular weight excluding hydrogens is 374 g/mol. The molecule has 144 valence electrons. The van der Waals surface area contributed by atoms with Gasteiger partial charge in [-0.05, 0) is 55.0 Å². The molecule has 0 spiro atoms. The third-order valence-corrected chi connectivity index (χ3v) is 6.89. The Labute approximate surface area is 157 Å². The first-order valence-electron chi connectivity index (χ1n) is 8.66. The van der Waals surface area contributed by atoms with E-state index < -0.39 is 21.5 Å². The van der Waals surface area contributed by atoms with Crippen LogP contribution in [0.1, 0.15) is 19.3 Å². The van der Waals surface area contributed by atoms with Crippen LogP contribution in [-0.2, 0) is 19.4 Å². The summed E-state index contributed by atoms with van der Waals surface area (Å²) in [7, 11) is -2.19. The normalized spacial score (nSPS) is 19.8. The van der Waals surface area contributed by atoms with Crippen LogP contribution in [0.15, 0.2) is 47.4 Å². The highest BCUT2D eigenvalue weighted by Crippen LogP contribution is 2.34. The summed E-state index contributed by atoms with van der Waals surface area (Å²) in [5.74, 6) is -2.03. The lowest BCUT2D eigenvalue weighted by Gasteiger charge is -2.12. The third kappa shape index (κ3) is 4.35. The zero-order chi connectivity index (χ0) is 19.6. The van der Waals surface area contributed by atoms with Crippen LogP contribution in [0.25, 0.3) is 11.1 Å². The number of hydrogen-bond donors (Lipinski definition) is 0. The fourth-order valence-electron chi connectivity index (χ4n) is 3.58. The summed E-state index contributed by atoms with van der Waals surface area (Å²) in [6.45, 7) is 0. The van der Waals surface area contributed by atoms with Gasteiger partial charge in [-0.1, -0.05) is 12.1 Å². The second-order valence-electron chi connectivity index (χ2n) is 6.83. The largest absolute Gasteiger partial charge is 0.469 e. The number of carbonyl (C=O) groups is 1. The molecule has 0 heterocycles. The van der Waals surface area contributed by atoms with Crippen molar-refractivity contribution in [2.45, 2.75) is 24.2 Å². The maximum Gasteiger partial charge on any atom is 0.308 e. The Hall–Kier alpha value is -2.28. The Morgan fingerprint density at radius 1 is 1.11 bits per heavy atom. The van der Waals surface area contributed by atoms with Crippen molar-refractivity contribution in [1.82, 2.24) is 0 Å². The molecule has 2 aromatic rings. The van der Waals surface area contributed by atoms with Gasteiger partial charge in [-0.25, -0.2) is 17.2 Å². The fourth-order valence-corrected chi connectivity index (χ4v) is 5.25. The summed E-state index contributed by atoms with van der Waals surface area (Å²) in [4.78, 5) is 11.7. The van der Waals surface area contributed by atoms with Gasteiger partial charge in [-0.3, -0.25) is 4.79 Å². The summed E-state index contributed by atoms with van der Waals surface area (Å²) in [5, 5.41) is 0. The van der Waals surface area contributed by atoms with E-state index in [2.05, 4.69) is 0 Å². The molecule has 2 atom stereocenters. The summed E-state index contributed by atoms with van der Waals surface area (Å²) >= 11 is 0. The van der Waals surface area contributed by atoms with E-state index in [0.717, 1.165) is 12.1 Å². The highest BCUT2D eigenvalue weighted by molar-refractivity contribution is 7.91. The summed E-state index contributed by atoms with van der Waals surface area (Å²) in [6.07, 6.45) is 1.80. The van der Waals surface area contributed by atoms with Gasteiger partial charge in [0, 0.05) is 11.6 Å². The first kappa shape index (κ1) is 19.5. The van der Waals surface area contributed by atoms with Gasteiger partial charge in [-0.15, -0.1) is 0 Å². The van der Waals surface area contributed by atoms with Crippen molar-refractivity contribution in [3.63, 3.8) is 0 Å². The second kappa shape index (κ2) is 7.76. The molecule has 2 aromatic carbocycles. The molecule has 1 saturated carbocycles. The van der Waals surface area contributed by atoms with E-state index in [9.17, 15) is 22.0 Å². The molecule has 0 radical (unpaired) electrons. The molecule has 4 nitrogen and oxygen atoms in total. The van der Waals surface area contributed by atoms with Gasteiger partial charge < -0.3 is 4.74 Å². The van der Waals surface area contributed by atoms with Gasteiger partial charge in [0.1, 0.15) is 11.6 Å². The minimum Gasteiger partial charge on any atom is -0.469 e. The predicted molar refractivity (Wildman–Crippen MR) is 96.7 cm³/mol. The first-order chi connectivity index (χ1) is 12.8. The van der Waals surface area contributed by atoms with Crippen molar-refractivity contribution in [2.75, 3.05) is 12.9 Å². The van der Waals surface area contributed by atoms with E-state index in [-0.39, 0.29) is 34.0 Å². The smallest absolute Gasteiger partial charge is 0.308 e. The molecule has 0 N–H and O–H groups in total. The van der Waals surface area contributed by atoms with E-state index >= 15 is 0 Å². The van der Waals surface area contributed by atoms with Crippen LogP contribution < -0.4 is 0 Å². The number of esters is 1. The average Bonchev–Trinajstić information content (AvgIpc) is 3.09. The Morgan fingerprint density at radius 3 is 2.44 bits per heavy atom. The summed E-state index contributed by atoms with van der Waals surface area (Å²) < 4.78 is 56.9. The molecule has 27 heavy (non-hydrogen) atoms. The fraction of sp³-hybridized carbons (Fsp3) is 0.350. The predicted octanol–water partition coefficient (Wildman–Crippen LogP) is 3.99. The standard InChI is InChI=1S/C20H20F2O4S/c1-26-20(23)15-3-2-13(10-15)12-27(24,25)17-7-4-14(5-8-17)18-9-6-16(21)11-19(18)22/h4-9,11,13,15H,2-3,10,12H2,1H3/t13-,15+/m1/s1. The van der Waals surface area contributed by atoms with Crippen LogP contribution in [0.3, 0.4) is 0 Å². The van der Waals surface area contributed by atoms with Crippen molar-refractivity contribution in [3.8, 4) is 11.1 Å². The van der Waals surface area contributed by atoms with Gasteiger partial charge in [0.15, 0.2) is 9.84 Å². The van der Waals surface area contributed by atoms with E-state index in [1.54, 1.807) is 0 Å². The zero-order valence-corrected chi connectivity index (χ0v) is 15.6. The van der Waals surface area contributed by atoms with E-state index in [1.807, 2.05) is 0 Å². The number of hydrogen-bond acceptors (Lipinski definition) is 4. The van der Waals surface area contributed by atoms with Crippen molar-refractivity contribution >= 4 is 15.8 Å². The molecule has 0 saturated heterocycles. The number of benzene rings is 2. The molecular formula is C20H20F2O4S. The second-order valence-corrected chi connectivity index (χ2v) is 8.86. The summed E-state index contributed by atoms with van der Waals surface area (Å²) in [5.41, 5.74) is 0.676. The monoisotopic (exact) mass is 394 g/mol. The minimum atomic E-state index is -3.52. The molecule has 1 aliphatic rings. The molecule has 1 fully saturated rings. The zero-order valence-electron chi connectivity index (χ0n) is 14.8. The van der Waals surface area contributed by atoms with Gasteiger partial charge >= 0.3 is 5.97 Å². The van der Waals surface area contributed by atoms with Crippen LogP contribution >= 0.6 is 0 Å². The number of rotatable bonds is 5. The number of carbonyl (C=O) groups excluding carboxylic acids is 1. The topological polar surface area (TPSA) is 60.4 Å². The molecule has 0 bridgehead atoms. The van der Waals surface area contributed by atoms with Crippen LogP contribution in [0, 0.1) is 23.5 Å². The number of ether oxygens (including phenoxy) is 1. The lowest BCUT2D eigenvalue weighted by molar-refractivity contribution is -0.145. The van der Waals surface area contributed by atoms with Gasteiger partial charge in [0.2, 0.25) is 0 Å². The maximum absolute atomic E-state index is 13.9. The SMILES string of the molecule is COC(=O)[C@H]1CC[C@@H](CS(=O)(=O)c2ccc(-c3ccc(F)cc3F)cc2)C1. The lowest BCUT2D eigenvalue weighted by Crippen LogP contribution is -2.17. The number of sulfone groups is 1. The Bertz CT molecular complexity index is 939. The maximum atomic E-state index is 13.9. The Kier molecular flexibility index (Phi) is 5.60. The lowest BCUT2D eigenvalue weighted by atomic mass is 10.1. The number of methoxy groups -OCH3 is 1. The first-order valence-corrected chi connectivity index (χ1v) is 10.3.